The summed E-state index contributed by atoms with van der Waals surface area (Å²) in [4.78, 5) is 12.2. The molecule has 2 aromatic carbocycles. The number of ketones is 1. The van der Waals surface area contributed by atoms with Crippen LogP contribution in [0.25, 0.3) is 0 Å². The summed E-state index contributed by atoms with van der Waals surface area (Å²) < 4.78 is 14.5. The van der Waals surface area contributed by atoms with E-state index in [2.05, 4.69) is 15.9 Å². The summed E-state index contributed by atoms with van der Waals surface area (Å²) in [6.45, 7) is 3.90. The maximum absolute atomic E-state index is 14.0. The Morgan fingerprint density at radius 3 is 2.65 bits per heavy atom. The molecule has 0 heterocycles. The zero-order chi connectivity index (χ0) is 14.9. The molecule has 20 heavy (non-hydrogen) atoms. The molecule has 0 aliphatic rings. The van der Waals surface area contributed by atoms with Gasteiger partial charge in [0.2, 0.25) is 0 Å². The first-order valence-electron chi connectivity index (χ1n) is 6.13. The van der Waals surface area contributed by atoms with Gasteiger partial charge in [0.15, 0.2) is 11.6 Å². The second-order valence-electron chi connectivity index (χ2n) is 4.75. The highest BCUT2D eigenvalue weighted by Crippen LogP contribution is 2.28. The van der Waals surface area contributed by atoms with Gasteiger partial charge in [0.05, 0.1) is 10.6 Å². The predicted molar refractivity (Wildman–Crippen MR) is 83.1 cm³/mol. The number of aryl methyl sites for hydroxylation is 2. The zero-order valence-corrected chi connectivity index (χ0v) is 13.5. The summed E-state index contributed by atoms with van der Waals surface area (Å²) in [5.41, 5.74) is 3.04. The van der Waals surface area contributed by atoms with E-state index in [-0.39, 0.29) is 22.8 Å². The number of benzene rings is 2. The van der Waals surface area contributed by atoms with Crippen molar-refractivity contribution in [2.24, 2.45) is 0 Å². The van der Waals surface area contributed by atoms with Crippen LogP contribution < -0.4 is 0 Å². The summed E-state index contributed by atoms with van der Waals surface area (Å²) in [6, 6.07) is 8.94. The molecule has 1 nitrogen and oxygen atoms in total. The first kappa shape index (κ1) is 15.2. The van der Waals surface area contributed by atoms with Gasteiger partial charge >= 0.3 is 0 Å². The van der Waals surface area contributed by atoms with Crippen molar-refractivity contribution in [3.8, 4) is 0 Å². The van der Waals surface area contributed by atoms with Gasteiger partial charge in [0.25, 0.3) is 0 Å². The Balaban J connectivity index is 2.33. The fourth-order valence-corrected chi connectivity index (χ4v) is 2.47. The highest BCUT2D eigenvalue weighted by Gasteiger charge is 2.17. The van der Waals surface area contributed by atoms with E-state index in [9.17, 15) is 9.18 Å². The summed E-state index contributed by atoms with van der Waals surface area (Å²) in [7, 11) is 0. The topological polar surface area (TPSA) is 17.1 Å². The maximum atomic E-state index is 14.0. The molecular weight excluding hydrogens is 343 g/mol. The molecule has 0 saturated heterocycles. The minimum atomic E-state index is -0.670. The fraction of sp³-hybridized carbons (Fsp3) is 0.188. The molecule has 0 spiro atoms. The monoisotopic (exact) mass is 354 g/mol. The van der Waals surface area contributed by atoms with E-state index < -0.39 is 5.82 Å². The first-order valence-corrected chi connectivity index (χ1v) is 7.30. The molecule has 0 unspecified atom stereocenters. The van der Waals surface area contributed by atoms with E-state index in [1.54, 1.807) is 6.07 Å². The molecule has 0 amide bonds. The normalized spacial score (nSPS) is 10.7. The third kappa shape index (κ3) is 3.10. The van der Waals surface area contributed by atoms with Crippen LogP contribution >= 0.6 is 27.5 Å². The molecule has 0 aromatic heterocycles. The van der Waals surface area contributed by atoms with E-state index in [0.29, 0.717) is 4.47 Å². The summed E-state index contributed by atoms with van der Waals surface area (Å²) in [5.74, 6) is -0.943. The van der Waals surface area contributed by atoms with Crippen LogP contribution in [0.15, 0.2) is 34.8 Å². The molecule has 0 bridgehead atoms. The van der Waals surface area contributed by atoms with Gasteiger partial charge in [0.1, 0.15) is 0 Å². The van der Waals surface area contributed by atoms with E-state index in [1.165, 1.54) is 6.07 Å². The van der Waals surface area contributed by atoms with Crippen LogP contribution in [0, 0.1) is 19.7 Å². The Morgan fingerprint density at radius 2 is 1.95 bits per heavy atom. The number of hydrogen-bond donors (Lipinski definition) is 0. The van der Waals surface area contributed by atoms with E-state index in [0.717, 1.165) is 16.7 Å². The molecule has 2 rings (SSSR count). The summed E-state index contributed by atoms with van der Waals surface area (Å²) in [6.07, 6.45) is 0.169. The Morgan fingerprint density at radius 1 is 1.25 bits per heavy atom. The molecule has 0 radical (unpaired) electrons. The Labute approximate surface area is 130 Å². The quantitative estimate of drug-likeness (QED) is 0.540. The van der Waals surface area contributed by atoms with Crippen LogP contribution in [0.1, 0.15) is 27.0 Å². The number of carbonyl (C=O) groups is 1. The van der Waals surface area contributed by atoms with Crippen LogP contribution in [-0.4, -0.2) is 5.78 Å². The predicted octanol–water partition coefficient (Wildman–Crippen LogP) is 5.28. The molecule has 0 saturated carbocycles. The van der Waals surface area contributed by atoms with Crippen molar-refractivity contribution in [2.45, 2.75) is 20.3 Å². The van der Waals surface area contributed by atoms with Gasteiger partial charge < -0.3 is 0 Å². The number of halogens is 3. The van der Waals surface area contributed by atoms with Gasteiger partial charge in [-0.25, -0.2) is 4.39 Å². The Kier molecular flexibility index (Phi) is 4.61. The lowest BCUT2D eigenvalue weighted by Gasteiger charge is -2.08. The van der Waals surface area contributed by atoms with E-state index in [1.807, 2.05) is 32.0 Å². The van der Waals surface area contributed by atoms with Gasteiger partial charge in [-0.1, -0.05) is 35.4 Å². The fourth-order valence-electron chi connectivity index (χ4n) is 2.00. The van der Waals surface area contributed by atoms with E-state index in [4.69, 9.17) is 11.6 Å². The molecule has 2 aromatic rings. The minimum Gasteiger partial charge on any atom is -0.294 e. The lowest BCUT2D eigenvalue weighted by Crippen LogP contribution is -2.08. The van der Waals surface area contributed by atoms with Crippen LogP contribution in [0.2, 0.25) is 5.02 Å². The van der Waals surface area contributed by atoms with Gasteiger partial charge in [-0.15, -0.1) is 0 Å². The van der Waals surface area contributed by atoms with Crippen LogP contribution in [-0.2, 0) is 6.42 Å². The molecule has 4 heteroatoms. The molecule has 0 atom stereocenters. The van der Waals surface area contributed by atoms with Crippen LogP contribution in [0.4, 0.5) is 4.39 Å². The van der Waals surface area contributed by atoms with Crippen LogP contribution in [0.5, 0.6) is 0 Å². The smallest absolute Gasteiger partial charge is 0.170 e. The highest BCUT2D eigenvalue weighted by atomic mass is 79.9. The van der Waals surface area contributed by atoms with Gasteiger partial charge in [-0.2, -0.15) is 0 Å². The van der Waals surface area contributed by atoms with Gasteiger partial charge in [-0.05, 0) is 53.0 Å². The number of carbonyl (C=O) groups excluding carboxylic acids is 1. The molecule has 0 aliphatic carbocycles. The average Bonchev–Trinajstić information content (AvgIpc) is 2.40. The van der Waals surface area contributed by atoms with Crippen molar-refractivity contribution >= 4 is 33.3 Å². The zero-order valence-electron chi connectivity index (χ0n) is 11.1. The average molecular weight is 356 g/mol. The third-order valence-electron chi connectivity index (χ3n) is 3.19. The molecule has 0 N–H and O–H groups in total. The lowest BCUT2D eigenvalue weighted by atomic mass is 9.97. The SMILES string of the molecule is Cc1ccc(C)c(CC(=O)c2ccc(Br)c(Cl)c2F)c1. The Bertz CT molecular complexity index is 682. The molecule has 0 aliphatic heterocycles. The van der Waals surface area contributed by atoms with Crippen molar-refractivity contribution in [3.05, 3.63) is 67.9 Å². The van der Waals surface area contributed by atoms with Crippen molar-refractivity contribution in [3.63, 3.8) is 0 Å². The first-order chi connectivity index (χ1) is 9.40. The highest BCUT2D eigenvalue weighted by molar-refractivity contribution is 9.10. The number of Topliss-reactive ketones (excluding diaryl/α,β-unsaturated/α-hetero) is 1. The van der Waals surface area contributed by atoms with Crippen molar-refractivity contribution in [1.82, 2.24) is 0 Å². The second kappa shape index (κ2) is 6.06. The van der Waals surface area contributed by atoms with Gasteiger partial charge in [0, 0.05) is 10.9 Å². The third-order valence-corrected chi connectivity index (χ3v) is 4.45. The maximum Gasteiger partial charge on any atom is 0.170 e. The number of hydrogen-bond acceptors (Lipinski definition) is 1. The number of rotatable bonds is 3. The largest absolute Gasteiger partial charge is 0.294 e. The standard InChI is InChI=1S/C16H13BrClFO/c1-9-3-4-10(2)11(7-9)8-14(20)12-5-6-13(17)15(18)16(12)19/h3-7H,8H2,1-2H3. The van der Waals surface area contributed by atoms with Crippen LogP contribution in [0.3, 0.4) is 0 Å². The molecule has 104 valence electrons. The molecule has 0 fully saturated rings. The molecular formula is C16H13BrClFO. The van der Waals surface area contributed by atoms with E-state index >= 15 is 0 Å². The van der Waals surface area contributed by atoms with Crippen molar-refractivity contribution < 1.29 is 9.18 Å². The summed E-state index contributed by atoms with van der Waals surface area (Å²) in [5, 5.41) is -0.0585. The van der Waals surface area contributed by atoms with Crippen molar-refractivity contribution in [1.29, 1.82) is 0 Å². The Hall–Kier alpha value is -1.19. The van der Waals surface area contributed by atoms with Gasteiger partial charge in [-0.3, -0.25) is 4.79 Å². The van der Waals surface area contributed by atoms with Crippen molar-refractivity contribution in [2.75, 3.05) is 0 Å². The summed E-state index contributed by atoms with van der Waals surface area (Å²) >= 11 is 8.95. The lowest BCUT2D eigenvalue weighted by molar-refractivity contribution is 0.0989. The second-order valence-corrected chi connectivity index (χ2v) is 5.99. The minimum absolute atomic E-state index is 0.0270.